The molecule has 1 aliphatic rings. The molecule has 1 aromatic carbocycles. The average molecular weight is 449 g/mol. The van der Waals surface area contributed by atoms with Gasteiger partial charge in [-0.1, -0.05) is 13.8 Å². The summed E-state index contributed by atoms with van der Waals surface area (Å²) in [4.78, 5) is 4.20. The molecule has 0 amide bonds. The van der Waals surface area contributed by atoms with Gasteiger partial charge in [-0.2, -0.15) is 0 Å². The molecule has 0 saturated carbocycles. The van der Waals surface area contributed by atoms with E-state index >= 15 is 0 Å². The Bertz CT molecular complexity index is 524. The number of halogens is 1. The summed E-state index contributed by atoms with van der Waals surface area (Å²) in [5.74, 6) is 3.82. The Kier molecular flexibility index (Phi) is 9.66. The van der Waals surface area contributed by atoms with Gasteiger partial charge in [-0.05, 0) is 30.9 Å². The van der Waals surface area contributed by atoms with Crippen LogP contribution in [0.2, 0.25) is 0 Å². The zero-order valence-electron chi connectivity index (χ0n) is 14.6. The van der Waals surface area contributed by atoms with Crippen molar-refractivity contribution < 1.29 is 14.2 Å². The third kappa shape index (κ3) is 7.02. The molecule has 0 radical (unpaired) electrons. The number of hydrogen-bond acceptors (Lipinski definition) is 4. The van der Waals surface area contributed by atoms with E-state index in [9.17, 15) is 0 Å². The Hall–Kier alpha value is -1.38. The van der Waals surface area contributed by atoms with Gasteiger partial charge in [0, 0.05) is 19.7 Å². The van der Waals surface area contributed by atoms with Crippen molar-refractivity contribution in [3.8, 4) is 17.2 Å². The minimum atomic E-state index is 0. The number of hydrogen-bond donors (Lipinski definition) is 2. The fourth-order valence-electron chi connectivity index (χ4n) is 2.24. The molecule has 0 saturated heterocycles. The zero-order valence-corrected chi connectivity index (χ0v) is 17.0. The van der Waals surface area contributed by atoms with Crippen molar-refractivity contribution in [3.05, 3.63) is 18.2 Å². The van der Waals surface area contributed by atoms with E-state index in [-0.39, 0.29) is 30.8 Å². The van der Waals surface area contributed by atoms with Gasteiger partial charge in [-0.15, -0.1) is 24.0 Å². The number of ether oxygens (including phenoxy) is 3. The summed E-state index contributed by atoms with van der Waals surface area (Å²) in [5.41, 5.74) is 0. The third-order valence-corrected chi connectivity index (χ3v) is 3.48. The van der Waals surface area contributed by atoms with Crippen LogP contribution in [0.25, 0.3) is 0 Å². The second kappa shape index (κ2) is 11.2. The van der Waals surface area contributed by atoms with Gasteiger partial charge in [0.25, 0.3) is 0 Å². The van der Waals surface area contributed by atoms with Crippen molar-refractivity contribution in [1.29, 1.82) is 0 Å². The molecular formula is C17H28IN3O3. The van der Waals surface area contributed by atoms with Gasteiger partial charge in [-0.25, -0.2) is 0 Å². The maximum atomic E-state index is 5.70. The van der Waals surface area contributed by atoms with Gasteiger partial charge in [0.05, 0.1) is 6.54 Å². The molecule has 2 N–H and O–H groups in total. The smallest absolute Gasteiger partial charge is 0.231 e. The molecule has 6 nitrogen and oxygen atoms in total. The summed E-state index contributed by atoms with van der Waals surface area (Å²) < 4.78 is 16.3. The van der Waals surface area contributed by atoms with Crippen LogP contribution in [-0.4, -0.2) is 39.5 Å². The molecule has 2 rings (SSSR count). The molecule has 0 spiro atoms. The SMILES string of the molecule is CN=C(NCCCC(C)C)NCCOc1ccc2c(c1)OCO2.I. The van der Waals surface area contributed by atoms with Crippen LogP contribution in [0, 0.1) is 5.92 Å². The standard InChI is InChI=1S/C17H27N3O3.HI/c1-13(2)5-4-8-19-17(18-3)20-9-10-21-14-6-7-15-16(11-14)23-12-22-15;/h6-7,11,13H,4-5,8-10,12H2,1-3H3,(H2,18,19,20);1H. The van der Waals surface area contributed by atoms with Crippen LogP contribution in [0.3, 0.4) is 0 Å². The van der Waals surface area contributed by atoms with Crippen LogP contribution in [0.15, 0.2) is 23.2 Å². The van der Waals surface area contributed by atoms with Crippen molar-refractivity contribution in [2.75, 3.05) is 33.5 Å². The number of nitrogens with one attached hydrogen (secondary N) is 2. The highest BCUT2D eigenvalue weighted by atomic mass is 127. The summed E-state index contributed by atoms with van der Waals surface area (Å²) in [5, 5.41) is 6.54. The molecule has 136 valence electrons. The Balaban J connectivity index is 0.00000288. The molecule has 0 bridgehead atoms. The molecular weight excluding hydrogens is 421 g/mol. The monoisotopic (exact) mass is 449 g/mol. The molecule has 7 heteroatoms. The normalized spacial score (nSPS) is 12.8. The minimum Gasteiger partial charge on any atom is -0.492 e. The summed E-state index contributed by atoms with van der Waals surface area (Å²) >= 11 is 0. The first-order chi connectivity index (χ1) is 11.2. The minimum absolute atomic E-state index is 0. The lowest BCUT2D eigenvalue weighted by Gasteiger charge is -2.13. The second-order valence-electron chi connectivity index (χ2n) is 5.83. The zero-order chi connectivity index (χ0) is 16.5. The largest absolute Gasteiger partial charge is 0.492 e. The lowest BCUT2D eigenvalue weighted by Crippen LogP contribution is -2.39. The van der Waals surface area contributed by atoms with Gasteiger partial charge >= 0.3 is 0 Å². The first kappa shape index (κ1) is 20.7. The lowest BCUT2D eigenvalue weighted by molar-refractivity contribution is 0.173. The predicted molar refractivity (Wildman–Crippen MR) is 107 cm³/mol. The molecule has 0 unspecified atom stereocenters. The van der Waals surface area contributed by atoms with Crippen LogP contribution in [-0.2, 0) is 0 Å². The van der Waals surface area contributed by atoms with Gasteiger partial charge in [0.2, 0.25) is 6.79 Å². The summed E-state index contributed by atoms with van der Waals surface area (Å²) in [6.45, 7) is 6.91. The van der Waals surface area contributed by atoms with Gasteiger partial charge in [0.15, 0.2) is 17.5 Å². The van der Waals surface area contributed by atoms with Crippen molar-refractivity contribution in [2.45, 2.75) is 26.7 Å². The molecule has 0 atom stereocenters. The summed E-state index contributed by atoms with van der Waals surface area (Å²) in [6.07, 6.45) is 2.36. The molecule has 1 aromatic rings. The van der Waals surface area contributed by atoms with Crippen molar-refractivity contribution in [3.63, 3.8) is 0 Å². The molecule has 1 heterocycles. The van der Waals surface area contributed by atoms with Crippen molar-refractivity contribution >= 4 is 29.9 Å². The molecule has 0 aliphatic carbocycles. The summed E-state index contributed by atoms with van der Waals surface area (Å²) in [6, 6.07) is 5.59. The van der Waals surface area contributed by atoms with Crippen LogP contribution in [0.1, 0.15) is 26.7 Å². The number of rotatable bonds is 8. The highest BCUT2D eigenvalue weighted by Crippen LogP contribution is 2.34. The fraction of sp³-hybridized carbons (Fsp3) is 0.588. The van der Waals surface area contributed by atoms with Crippen molar-refractivity contribution in [1.82, 2.24) is 10.6 Å². The van der Waals surface area contributed by atoms with E-state index in [1.165, 1.54) is 6.42 Å². The van der Waals surface area contributed by atoms with Gasteiger partial charge < -0.3 is 24.8 Å². The van der Waals surface area contributed by atoms with E-state index in [1.54, 1.807) is 7.05 Å². The van der Waals surface area contributed by atoms with Crippen LogP contribution in [0.4, 0.5) is 0 Å². The Labute approximate surface area is 161 Å². The first-order valence-corrected chi connectivity index (χ1v) is 8.16. The first-order valence-electron chi connectivity index (χ1n) is 8.16. The Morgan fingerprint density at radius 3 is 2.71 bits per heavy atom. The van der Waals surface area contributed by atoms with E-state index in [2.05, 4.69) is 29.5 Å². The van der Waals surface area contributed by atoms with Gasteiger partial charge in [0.1, 0.15) is 12.4 Å². The number of benzene rings is 1. The third-order valence-electron chi connectivity index (χ3n) is 3.48. The van der Waals surface area contributed by atoms with Crippen LogP contribution >= 0.6 is 24.0 Å². The number of fused-ring (bicyclic) bond motifs is 1. The van der Waals surface area contributed by atoms with E-state index in [0.717, 1.165) is 42.1 Å². The highest BCUT2D eigenvalue weighted by molar-refractivity contribution is 14.0. The van der Waals surface area contributed by atoms with E-state index in [0.29, 0.717) is 13.2 Å². The Morgan fingerprint density at radius 1 is 1.21 bits per heavy atom. The molecule has 0 aromatic heterocycles. The van der Waals surface area contributed by atoms with Crippen LogP contribution in [0.5, 0.6) is 17.2 Å². The molecule has 24 heavy (non-hydrogen) atoms. The number of guanidine groups is 1. The van der Waals surface area contributed by atoms with Crippen molar-refractivity contribution in [2.24, 2.45) is 10.9 Å². The maximum absolute atomic E-state index is 5.70. The van der Waals surface area contributed by atoms with E-state index in [4.69, 9.17) is 14.2 Å². The maximum Gasteiger partial charge on any atom is 0.231 e. The summed E-state index contributed by atoms with van der Waals surface area (Å²) in [7, 11) is 1.77. The fourth-order valence-corrected chi connectivity index (χ4v) is 2.24. The van der Waals surface area contributed by atoms with E-state index < -0.39 is 0 Å². The number of nitrogens with zero attached hydrogens (tertiary/aromatic N) is 1. The predicted octanol–water partition coefficient (Wildman–Crippen LogP) is 3.01. The highest BCUT2D eigenvalue weighted by Gasteiger charge is 2.13. The Morgan fingerprint density at radius 2 is 1.96 bits per heavy atom. The van der Waals surface area contributed by atoms with Crippen LogP contribution < -0.4 is 24.8 Å². The van der Waals surface area contributed by atoms with E-state index in [1.807, 2.05) is 18.2 Å². The lowest BCUT2D eigenvalue weighted by atomic mass is 10.1. The quantitative estimate of drug-likeness (QED) is 0.277. The molecule has 0 fully saturated rings. The second-order valence-corrected chi connectivity index (χ2v) is 5.83. The molecule has 1 aliphatic heterocycles. The number of aliphatic imine (C=N–C) groups is 1. The van der Waals surface area contributed by atoms with Gasteiger partial charge in [-0.3, -0.25) is 4.99 Å². The average Bonchev–Trinajstić information content (AvgIpc) is 3.00. The topological polar surface area (TPSA) is 64.1 Å².